The predicted octanol–water partition coefficient (Wildman–Crippen LogP) is 12.2. The maximum Gasteiger partial charge on any atom is 0.247 e. The molecule has 1 aliphatic heterocycles. The second-order valence-electron chi connectivity index (χ2n) is 15.2. The molecule has 0 unspecified atom stereocenters. The maximum absolute atomic E-state index is 2.56. The van der Waals surface area contributed by atoms with E-state index in [0.717, 1.165) is 5.69 Å². The number of rotatable bonds is 3. The molecular formula is C54H35BN2. The molecular weight excluding hydrogens is 687 g/mol. The lowest BCUT2D eigenvalue weighted by Crippen LogP contribution is -2.57. The third kappa shape index (κ3) is 4.66. The average molecular weight is 723 g/mol. The predicted molar refractivity (Wildman–Crippen MR) is 245 cm³/mol. The van der Waals surface area contributed by atoms with Crippen LogP contribution < -0.4 is 21.3 Å². The highest BCUT2D eigenvalue weighted by molar-refractivity contribution is 6.99. The van der Waals surface area contributed by atoms with Crippen LogP contribution in [-0.2, 0) is 0 Å². The van der Waals surface area contributed by atoms with Gasteiger partial charge < -0.3 is 9.30 Å². The van der Waals surface area contributed by atoms with Gasteiger partial charge in [0.05, 0.1) is 22.2 Å². The largest absolute Gasteiger partial charge is 0.311 e. The van der Waals surface area contributed by atoms with Gasteiger partial charge in [-0.05, 0) is 73.9 Å². The van der Waals surface area contributed by atoms with Gasteiger partial charge in [0.25, 0.3) is 0 Å². The Morgan fingerprint density at radius 2 is 0.842 bits per heavy atom. The quantitative estimate of drug-likeness (QED) is 0.165. The van der Waals surface area contributed by atoms with E-state index in [4.69, 9.17) is 0 Å². The van der Waals surface area contributed by atoms with Gasteiger partial charge in [-0.25, -0.2) is 0 Å². The highest BCUT2D eigenvalue weighted by atomic mass is 15.2. The SMILES string of the molecule is c1ccc(-c2ccccc2B2c3ccccc3N(c3ccccc3)c3c2cc2c4ccccc4c4ccccc4c4ccccc4n4c5ccccc5c3c24)cc1. The van der Waals surface area contributed by atoms with E-state index in [-0.39, 0.29) is 6.71 Å². The van der Waals surface area contributed by atoms with E-state index in [1.807, 2.05) is 0 Å². The lowest BCUT2D eigenvalue weighted by atomic mass is 9.34. The summed E-state index contributed by atoms with van der Waals surface area (Å²) in [6.07, 6.45) is 0. The van der Waals surface area contributed by atoms with Crippen molar-refractivity contribution in [1.29, 1.82) is 0 Å². The van der Waals surface area contributed by atoms with E-state index < -0.39 is 0 Å². The number of aromatic nitrogens is 1. The zero-order valence-electron chi connectivity index (χ0n) is 31.2. The molecule has 0 bridgehead atoms. The smallest absolute Gasteiger partial charge is 0.247 e. The van der Waals surface area contributed by atoms with Crippen molar-refractivity contribution >= 4 is 99.8 Å². The first kappa shape index (κ1) is 31.9. The maximum atomic E-state index is 2.56. The summed E-state index contributed by atoms with van der Waals surface area (Å²) >= 11 is 0. The van der Waals surface area contributed by atoms with E-state index in [2.05, 4.69) is 222 Å². The Bertz CT molecular complexity index is 3420. The third-order valence-corrected chi connectivity index (χ3v) is 12.2. The molecule has 0 atom stereocenters. The number of anilines is 3. The van der Waals surface area contributed by atoms with Crippen molar-refractivity contribution in [3.05, 3.63) is 212 Å². The second kappa shape index (κ2) is 12.6. The molecule has 0 fully saturated rings. The summed E-state index contributed by atoms with van der Waals surface area (Å²) < 4.78 is 2.56. The molecule has 0 saturated heterocycles. The molecule has 3 heteroatoms. The zero-order chi connectivity index (χ0) is 37.5. The van der Waals surface area contributed by atoms with Gasteiger partial charge in [-0.15, -0.1) is 0 Å². The van der Waals surface area contributed by atoms with Crippen LogP contribution in [0.5, 0.6) is 0 Å². The summed E-state index contributed by atoms with van der Waals surface area (Å²) in [5.74, 6) is 0. The summed E-state index contributed by atoms with van der Waals surface area (Å²) in [5.41, 5.74) is 13.5. The topological polar surface area (TPSA) is 7.65 Å². The first-order chi connectivity index (χ1) is 28.3. The van der Waals surface area contributed by atoms with Crippen LogP contribution in [0.15, 0.2) is 212 Å². The molecule has 264 valence electrons. The minimum absolute atomic E-state index is 0.0466. The van der Waals surface area contributed by atoms with Gasteiger partial charge in [0.1, 0.15) is 0 Å². The van der Waals surface area contributed by atoms with Gasteiger partial charge >= 0.3 is 0 Å². The van der Waals surface area contributed by atoms with Crippen molar-refractivity contribution in [1.82, 2.24) is 4.40 Å². The summed E-state index contributed by atoms with van der Waals surface area (Å²) in [4.78, 5) is 2.54. The summed E-state index contributed by atoms with van der Waals surface area (Å²) in [7, 11) is 0. The molecule has 0 radical (unpaired) electrons. The number of nitrogens with zero attached hydrogens (tertiary/aromatic N) is 2. The molecule has 12 rings (SSSR count). The standard InChI is InChI=1S/C54H35BN2/c1-3-19-36(20-4-1)38-23-11-14-30-46(38)55-47-31-15-18-34-51(47)56(37-21-5-2-6-22-37)54-48(55)35-45-42-27-10-8-25-40(42)39-24-7-9-26-41(39)43-28-12-16-32-49(43)57-50-33-17-13-29-44(50)52(54)53(45)57/h1-35H. The van der Waals surface area contributed by atoms with Gasteiger partial charge in [-0.1, -0.05) is 187 Å². The molecule has 57 heavy (non-hydrogen) atoms. The third-order valence-electron chi connectivity index (χ3n) is 12.2. The Balaban J connectivity index is 1.39. The number of hydrogen-bond acceptors (Lipinski definition) is 1. The van der Waals surface area contributed by atoms with Crippen LogP contribution in [0.1, 0.15) is 0 Å². The van der Waals surface area contributed by atoms with E-state index in [0.29, 0.717) is 0 Å². The first-order valence-electron chi connectivity index (χ1n) is 19.8. The van der Waals surface area contributed by atoms with Gasteiger partial charge in [-0.2, -0.15) is 0 Å². The van der Waals surface area contributed by atoms with Crippen LogP contribution in [0.2, 0.25) is 0 Å². The van der Waals surface area contributed by atoms with Crippen molar-refractivity contribution in [2.24, 2.45) is 0 Å². The van der Waals surface area contributed by atoms with Crippen LogP contribution in [0.25, 0.3) is 70.8 Å². The molecule has 0 saturated carbocycles. The Morgan fingerprint density at radius 1 is 0.351 bits per heavy atom. The van der Waals surface area contributed by atoms with Crippen molar-refractivity contribution in [3.63, 3.8) is 0 Å². The van der Waals surface area contributed by atoms with Crippen molar-refractivity contribution < 1.29 is 0 Å². The van der Waals surface area contributed by atoms with Gasteiger partial charge in [0.15, 0.2) is 0 Å². The first-order valence-corrected chi connectivity index (χ1v) is 19.8. The van der Waals surface area contributed by atoms with Gasteiger partial charge in [0.2, 0.25) is 6.71 Å². The summed E-state index contributed by atoms with van der Waals surface area (Å²) in [6, 6.07) is 78.5. The number of fused-ring (bicyclic) bond motifs is 13. The normalized spacial score (nSPS) is 12.5. The molecule has 2 aromatic heterocycles. The average Bonchev–Trinajstić information content (AvgIpc) is 3.65. The second-order valence-corrected chi connectivity index (χ2v) is 15.2. The van der Waals surface area contributed by atoms with E-state index >= 15 is 0 Å². The highest BCUT2D eigenvalue weighted by Crippen LogP contribution is 2.47. The van der Waals surface area contributed by atoms with Crippen LogP contribution in [0.4, 0.5) is 17.1 Å². The van der Waals surface area contributed by atoms with E-state index in [1.165, 1.54) is 98.5 Å². The molecule has 0 aliphatic carbocycles. The van der Waals surface area contributed by atoms with Gasteiger partial charge in [0, 0.05) is 32.9 Å². The van der Waals surface area contributed by atoms with Crippen LogP contribution in [0.3, 0.4) is 0 Å². The van der Waals surface area contributed by atoms with E-state index in [9.17, 15) is 0 Å². The number of benzene rings is 9. The minimum Gasteiger partial charge on any atom is -0.311 e. The Kier molecular flexibility index (Phi) is 7.06. The molecule has 0 amide bonds. The Hall–Kier alpha value is -7.36. The van der Waals surface area contributed by atoms with Crippen molar-refractivity contribution in [2.75, 3.05) is 4.90 Å². The minimum atomic E-state index is -0.0466. The fourth-order valence-corrected chi connectivity index (χ4v) is 9.92. The lowest BCUT2D eigenvalue weighted by Gasteiger charge is -2.38. The van der Waals surface area contributed by atoms with E-state index in [1.54, 1.807) is 0 Å². The highest BCUT2D eigenvalue weighted by Gasteiger charge is 2.39. The Labute approximate surface area is 331 Å². The molecule has 11 aromatic rings. The molecule has 0 spiro atoms. The molecule has 2 nitrogen and oxygen atoms in total. The number of hydrogen-bond donors (Lipinski definition) is 0. The van der Waals surface area contributed by atoms with Crippen molar-refractivity contribution in [2.45, 2.75) is 0 Å². The lowest BCUT2D eigenvalue weighted by molar-refractivity contribution is 1.31. The summed E-state index contributed by atoms with van der Waals surface area (Å²) in [6.45, 7) is -0.0466. The Morgan fingerprint density at radius 3 is 1.54 bits per heavy atom. The molecule has 1 aliphatic rings. The van der Waals surface area contributed by atoms with Crippen LogP contribution in [0, 0.1) is 0 Å². The van der Waals surface area contributed by atoms with Crippen LogP contribution >= 0.6 is 0 Å². The van der Waals surface area contributed by atoms with Crippen molar-refractivity contribution in [3.8, 4) is 11.1 Å². The summed E-state index contributed by atoms with van der Waals surface area (Å²) in [5, 5.41) is 9.89. The number of para-hydroxylation sites is 4. The fraction of sp³-hybridized carbons (Fsp3) is 0. The molecule has 3 heterocycles. The fourth-order valence-electron chi connectivity index (χ4n) is 9.92. The zero-order valence-corrected chi connectivity index (χ0v) is 31.2. The monoisotopic (exact) mass is 722 g/mol. The molecule has 0 N–H and O–H groups in total. The van der Waals surface area contributed by atoms with Crippen LogP contribution in [-0.4, -0.2) is 11.1 Å². The molecule has 9 aromatic carbocycles. The van der Waals surface area contributed by atoms with Gasteiger partial charge in [-0.3, -0.25) is 0 Å².